The molecule has 3 rings (SSSR count). The van der Waals surface area contributed by atoms with Gasteiger partial charge in [0, 0.05) is 11.7 Å². The fourth-order valence-corrected chi connectivity index (χ4v) is 4.28. The maximum absolute atomic E-state index is 12.0. The van der Waals surface area contributed by atoms with Gasteiger partial charge in [0.1, 0.15) is 0 Å². The molecule has 1 fully saturated rings. The second-order valence-corrected chi connectivity index (χ2v) is 8.57. The van der Waals surface area contributed by atoms with Crippen molar-refractivity contribution in [1.82, 2.24) is 15.5 Å². The highest BCUT2D eigenvalue weighted by molar-refractivity contribution is 8.02. The van der Waals surface area contributed by atoms with Crippen molar-refractivity contribution in [3.63, 3.8) is 0 Å². The van der Waals surface area contributed by atoms with Crippen molar-refractivity contribution < 1.29 is 4.79 Å². The standard InChI is InChI=1S/C17H22N4OS2/c1-4-12-7-5-6-10(2)14(12)19-16-20-21-17(24-16)23-11(3)15(22)18-13-8-9-13/h5-7,11,13H,4,8-9H2,1-3H3,(H,18,22)(H,19,20). The van der Waals surface area contributed by atoms with Crippen LogP contribution < -0.4 is 10.6 Å². The van der Waals surface area contributed by atoms with Gasteiger partial charge in [-0.25, -0.2) is 0 Å². The molecule has 1 aromatic carbocycles. The molecule has 2 N–H and O–H groups in total. The van der Waals surface area contributed by atoms with Crippen molar-refractivity contribution in [2.75, 3.05) is 5.32 Å². The predicted molar refractivity (Wildman–Crippen MR) is 100 cm³/mol. The highest BCUT2D eigenvalue weighted by Crippen LogP contribution is 2.32. The molecule has 0 aliphatic heterocycles. The lowest BCUT2D eigenvalue weighted by Crippen LogP contribution is -2.32. The number of nitrogens with one attached hydrogen (secondary N) is 2. The van der Waals surface area contributed by atoms with Gasteiger partial charge in [-0.1, -0.05) is 48.2 Å². The molecule has 7 heteroatoms. The monoisotopic (exact) mass is 362 g/mol. The number of para-hydroxylation sites is 1. The summed E-state index contributed by atoms with van der Waals surface area (Å²) in [6, 6.07) is 6.67. The second kappa shape index (κ2) is 7.53. The summed E-state index contributed by atoms with van der Waals surface area (Å²) in [5.74, 6) is 0.0828. The molecule has 1 amide bonds. The zero-order valence-electron chi connectivity index (χ0n) is 14.1. The van der Waals surface area contributed by atoms with Crippen molar-refractivity contribution in [3.8, 4) is 0 Å². The van der Waals surface area contributed by atoms with E-state index in [1.165, 1.54) is 34.2 Å². The van der Waals surface area contributed by atoms with Crippen molar-refractivity contribution >= 4 is 39.8 Å². The third kappa shape index (κ3) is 4.27. The first kappa shape index (κ1) is 17.2. The van der Waals surface area contributed by atoms with Gasteiger partial charge in [-0.3, -0.25) is 4.79 Å². The molecule has 1 heterocycles. The number of carbonyl (C=O) groups is 1. The number of amides is 1. The van der Waals surface area contributed by atoms with Gasteiger partial charge in [-0.05, 0) is 44.2 Å². The molecule has 1 saturated carbocycles. The number of rotatable bonds is 7. The van der Waals surface area contributed by atoms with Crippen LogP contribution in [0.5, 0.6) is 0 Å². The Bertz CT molecular complexity index is 727. The van der Waals surface area contributed by atoms with Crippen molar-refractivity contribution in [2.45, 2.75) is 55.7 Å². The minimum Gasteiger partial charge on any atom is -0.352 e. The number of hydrogen-bond donors (Lipinski definition) is 2. The van der Waals surface area contributed by atoms with Crippen LogP contribution in [0.3, 0.4) is 0 Å². The van der Waals surface area contributed by atoms with Gasteiger partial charge < -0.3 is 10.6 Å². The molecular weight excluding hydrogens is 340 g/mol. The first-order valence-electron chi connectivity index (χ1n) is 8.23. The first-order chi connectivity index (χ1) is 11.6. The first-order valence-corrected chi connectivity index (χ1v) is 9.92. The lowest BCUT2D eigenvalue weighted by molar-refractivity contribution is -0.120. The smallest absolute Gasteiger partial charge is 0.233 e. The minimum atomic E-state index is -0.156. The number of aryl methyl sites for hydroxylation is 2. The molecule has 24 heavy (non-hydrogen) atoms. The molecule has 0 bridgehead atoms. The lowest BCUT2D eigenvalue weighted by Gasteiger charge is -2.11. The molecule has 0 spiro atoms. The third-order valence-corrected chi connectivity index (χ3v) is 5.97. The average molecular weight is 363 g/mol. The van der Waals surface area contributed by atoms with E-state index in [1.807, 2.05) is 6.92 Å². The summed E-state index contributed by atoms with van der Waals surface area (Å²) in [6.07, 6.45) is 3.17. The van der Waals surface area contributed by atoms with Gasteiger partial charge >= 0.3 is 0 Å². The van der Waals surface area contributed by atoms with Crippen LogP contribution in [-0.2, 0) is 11.2 Å². The van der Waals surface area contributed by atoms with Gasteiger partial charge in [-0.15, -0.1) is 10.2 Å². The van der Waals surface area contributed by atoms with E-state index in [0.29, 0.717) is 6.04 Å². The summed E-state index contributed by atoms with van der Waals surface area (Å²) in [5, 5.41) is 15.4. The van der Waals surface area contributed by atoms with E-state index in [4.69, 9.17) is 0 Å². The predicted octanol–water partition coefficient (Wildman–Crippen LogP) is 3.91. The number of hydrogen-bond acceptors (Lipinski definition) is 6. The minimum absolute atomic E-state index is 0.0828. The van der Waals surface area contributed by atoms with Crippen molar-refractivity contribution in [3.05, 3.63) is 29.3 Å². The lowest BCUT2D eigenvalue weighted by atomic mass is 10.1. The maximum Gasteiger partial charge on any atom is 0.233 e. The van der Waals surface area contributed by atoms with E-state index in [-0.39, 0.29) is 11.2 Å². The third-order valence-electron chi connectivity index (χ3n) is 3.95. The SMILES string of the molecule is CCc1cccc(C)c1Nc1nnc(SC(C)C(=O)NC2CC2)s1. The van der Waals surface area contributed by atoms with Crippen LogP contribution in [0.1, 0.15) is 37.8 Å². The van der Waals surface area contributed by atoms with Crippen molar-refractivity contribution in [2.24, 2.45) is 0 Å². The zero-order valence-corrected chi connectivity index (χ0v) is 15.8. The van der Waals surface area contributed by atoms with Gasteiger partial charge in [0.05, 0.1) is 5.25 Å². The highest BCUT2D eigenvalue weighted by Gasteiger charge is 2.26. The van der Waals surface area contributed by atoms with Crippen LogP contribution in [0.25, 0.3) is 0 Å². The summed E-state index contributed by atoms with van der Waals surface area (Å²) >= 11 is 2.95. The number of benzene rings is 1. The molecule has 1 aliphatic carbocycles. The Morgan fingerprint density at radius 2 is 2.21 bits per heavy atom. The van der Waals surface area contributed by atoms with Crippen LogP contribution in [0.4, 0.5) is 10.8 Å². The van der Waals surface area contributed by atoms with Crippen LogP contribution in [0.15, 0.2) is 22.5 Å². The number of carbonyl (C=O) groups excluding carboxylic acids is 1. The summed E-state index contributed by atoms with van der Waals surface area (Å²) < 4.78 is 0.808. The zero-order chi connectivity index (χ0) is 17.1. The maximum atomic E-state index is 12.0. The molecular formula is C17H22N4OS2. The Hall–Kier alpha value is -1.60. The Balaban J connectivity index is 1.64. The summed E-state index contributed by atoms with van der Waals surface area (Å²) in [4.78, 5) is 12.0. The molecule has 0 saturated heterocycles. The van der Waals surface area contributed by atoms with Gasteiger partial charge in [0.2, 0.25) is 11.0 Å². The Morgan fingerprint density at radius 3 is 2.92 bits per heavy atom. The summed E-state index contributed by atoms with van der Waals surface area (Å²) in [6.45, 7) is 6.14. The van der Waals surface area contributed by atoms with Crippen molar-refractivity contribution in [1.29, 1.82) is 0 Å². The van der Waals surface area contributed by atoms with E-state index in [9.17, 15) is 4.79 Å². The molecule has 0 radical (unpaired) electrons. The Kier molecular flexibility index (Phi) is 5.40. The summed E-state index contributed by atoms with van der Waals surface area (Å²) in [5.41, 5.74) is 3.56. The highest BCUT2D eigenvalue weighted by atomic mass is 32.2. The van der Waals surface area contributed by atoms with Crippen LogP contribution >= 0.6 is 23.1 Å². The molecule has 1 aliphatic rings. The Morgan fingerprint density at radius 1 is 1.42 bits per heavy atom. The van der Waals surface area contributed by atoms with E-state index >= 15 is 0 Å². The van der Waals surface area contributed by atoms with E-state index in [1.54, 1.807) is 0 Å². The van der Waals surface area contributed by atoms with Crippen LogP contribution in [-0.4, -0.2) is 27.4 Å². The normalized spacial score (nSPS) is 15.1. The second-order valence-electron chi connectivity index (χ2n) is 6.00. The largest absolute Gasteiger partial charge is 0.352 e. The summed E-state index contributed by atoms with van der Waals surface area (Å²) in [7, 11) is 0. The molecule has 1 atom stereocenters. The molecule has 5 nitrogen and oxygen atoms in total. The molecule has 128 valence electrons. The fraction of sp³-hybridized carbons (Fsp3) is 0.471. The number of nitrogens with zero attached hydrogens (tertiary/aromatic N) is 2. The number of anilines is 2. The van der Waals surface area contributed by atoms with E-state index < -0.39 is 0 Å². The van der Waals surface area contributed by atoms with Crippen LogP contribution in [0.2, 0.25) is 0 Å². The van der Waals surface area contributed by atoms with E-state index in [2.05, 4.69) is 52.9 Å². The quantitative estimate of drug-likeness (QED) is 0.731. The van der Waals surface area contributed by atoms with E-state index in [0.717, 1.165) is 34.4 Å². The Labute approximate surface area is 150 Å². The molecule has 2 aromatic rings. The topological polar surface area (TPSA) is 66.9 Å². The van der Waals surface area contributed by atoms with Gasteiger partial charge in [0.25, 0.3) is 0 Å². The average Bonchev–Trinajstić information content (AvgIpc) is 3.27. The number of thioether (sulfide) groups is 1. The fourth-order valence-electron chi connectivity index (χ4n) is 2.37. The molecule has 1 aromatic heterocycles. The van der Waals surface area contributed by atoms with Gasteiger partial charge in [0.15, 0.2) is 4.34 Å². The van der Waals surface area contributed by atoms with Crippen LogP contribution in [0, 0.1) is 6.92 Å². The molecule has 1 unspecified atom stereocenters. The number of aromatic nitrogens is 2. The van der Waals surface area contributed by atoms with Gasteiger partial charge in [-0.2, -0.15) is 0 Å².